The molecular weight excluding hydrogens is 546 g/mol. The lowest BCUT2D eigenvalue weighted by molar-refractivity contribution is -0.149. The minimum atomic E-state index is -0.00823. The van der Waals surface area contributed by atoms with Crippen molar-refractivity contribution in [1.82, 2.24) is 4.90 Å². The van der Waals surface area contributed by atoms with Crippen LogP contribution in [0.5, 0.6) is 0 Å². The van der Waals surface area contributed by atoms with Gasteiger partial charge in [-0.05, 0) is 71.0 Å². The zero-order valence-electron chi connectivity index (χ0n) is 30.3. The molecule has 0 fully saturated rings. The van der Waals surface area contributed by atoms with Crippen molar-refractivity contribution in [2.24, 2.45) is 5.92 Å². The monoisotopic (exact) mass is 624 g/mol. The number of carbonyl (C=O) groups excluding carboxylic acids is 2. The van der Waals surface area contributed by atoms with Crippen molar-refractivity contribution in [1.29, 1.82) is 0 Å². The lowest BCUT2D eigenvalue weighted by Gasteiger charge is -2.21. The van der Waals surface area contributed by atoms with Crippen LogP contribution >= 0.6 is 0 Å². The van der Waals surface area contributed by atoms with Crippen LogP contribution in [0.1, 0.15) is 201 Å². The summed E-state index contributed by atoms with van der Waals surface area (Å²) in [5, 5.41) is 0. The highest BCUT2D eigenvalue weighted by atomic mass is 16.5. The molecule has 0 N–H and O–H groups in total. The second kappa shape index (κ2) is 34.8. The Labute approximate surface area is 275 Å². The van der Waals surface area contributed by atoms with Crippen molar-refractivity contribution in [3.8, 4) is 0 Å². The lowest BCUT2D eigenvalue weighted by Crippen LogP contribution is -2.27. The fourth-order valence-electron chi connectivity index (χ4n) is 6.02. The van der Waals surface area contributed by atoms with Gasteiger partial charge in [-0.1, -0.05) is 143 Å². The third-order valence-corrected chi connectivity index (χ3v) is 8.91. The van der Waals surface area contributed by atoms with E-state index < -0.39 is 0 Å². The third kappa shape index (κ3) is 29.6. The molecule has 0 amide bonds. The van der Waals surface area contributed by atoms with Gasteiger partial charge in [0.05, 0.1) is 19.1 Å². The molecule has 0 aliphatic rings. The van der Waals surface area contributed by atoms with Crippen LogP contribution in [0.2, 0.25) is 0 Å². The number of carbonyl (C=O) groups is 2. The lowest BCUT2D eigenvalue weighted by atomic mass is 9.95. The summed E-state index contributed by atoms with van der Waals surface area (Å²) >= 11 is 0. The van der Waals surface area contributed by atoms with E-state index in [1.165, 1.54) is 135 Å². The normalized spacial score (nSPS) is 12.1. The van der Waals surface area contributed by atoms with E-state index in [-0.39, 0.29) is 17.9 Å². The maximum Gasteiger partial charge on any atom is 0.308 e. The van der Waals surface area contributed by atoms with Crippen molar-refractivity contribution in [3.05, 3.63) is 0 Å². The van der Waals surface area contributed by atoms with E-state index in [0.717, 1.165) is 51.4 Å². The summed E-state index contributed by atoms with van der Waals surface area (Å²) in [5.74, 6) is 0.184. The van der Waals surface area contributed by atoms with Crippen LogP contribution in [0, 0.1) is 5.92 Å². The fourth-order valence-corrected chi connectivity index (χ4v) is 6.02. The number of unbranched alkanes of at least 4 members (excludes halogenated alkanes) is 18. The Hall–Kier alpha value is -1.10. The zero-order chi connectivity index (χ0) is 32.4. The first-order valence-electron chi connectivity index (χ1n) is 19.6. The number of ether oxygens (including phenoxy) is 2. The summed E-state index contributed by atoms with van der Waals surface area (Å²) in [7, 11) is 0. The van der Waals surface area contributed by atoms with E-state index in [4.69, 9.17) is 9.47 Å². The first kappa shape index (κ1) is 42.9. The maximum atomic E-state index is 12.7. The second-order valence-corrected chi connectivity index (χ2v) is 13.3. The third-order valence-electron chi connectivity index (χ3n) is 8.91. The Balaban J connectivity index is 3.77. The molecule has 0 rings (SSSR count). The topological polar surface area (TPSA) is 55.8 Å². The smallest absolute Gasteiger partial charge is 0.308 e. The maximum absolute atomic E-state index is 12.7. The Morgan fingerprint density at radius 2 is 0.886 bits per heavy atom. The first-order valence-corrected chi connectivity index (χ1v) is 19.6. The summed E-state index contributed by atoms with van der Waals surface area (Å²) in [6.45, 7) is 13.8. The molecule has 44 heavy (non-hydrogen) atoms. The molecule has 0 saturated heterocycles. The largest absolute Gasteiger partial charge is 0.466 e. The fraction of sp³-hybridized carbons (Fsp3) is 0.949. The highest BCUT2D eigenvalue weighted by Gasteiger charge is 2.19. The molecule has 1 atom stereocenters. The summed E-state index contributed by atoms with van der Waals surface area (Å²) in [6.07, 6.45) is 31.5. The minimum Gasteiger partial charge on any atom is -0.466 e. The van der Waals surface area contributed by atoms with E-state index in [2.05, 4.69) is 32.6 Å². The molecule has 0 spiro atoms. The molecule has 0 bridgehead atoms. The number of esters is 2. The molecule has 0 heterocycles. The van der Waals surface area contributed by atoms with Crippen LogP contribution in [-0.4, -0.2) is 49.7 Å². The van der Waals surface area contributed by atoms with Crippen LogP contribution in [0.25, 0.3) is 0 Å². The van der Waals surface area contributed by atoms with Gasteiger partial charge >= 0.3 is 11.9 Å². The van der Waals surface area contributed by atoms with Crippen LogP contribution in [0.15, 0.2) is 0 Å². The van der Waals surface area contributed by atoms with Crippen molar-refractivity contribution < 1.29 is 19.1 Å². The Kier molecular flexibility index (Phi) is 33.9. The van der Waals surface area contributed by atoms with Gasteiger partial charge < -0.3 is 14.4 Å². The second-order valence-electron chi connectivity index (χ2n) is 13.3. The van der Waals surface area contributed by atoms with E-state index >= 15 is 0 Å². The summed E-state index contributed by atoms with van der Waals surface area (Å²) < 4.78 is 11.1. The summed E-state index contributed by atoms with van der Waals surface area (Å²) in [6, 6.07) is 0. The number of nitrogens with zero attached hydrogens (tertiary/aromatic N) is 1. The minimum absolute atomic E-state index is 0.00823. The zero-order valence-corrected chi connectivity index (χ0v) is 30.3. The van der Waals surface area contributed by atoms with E-state index in [9.17, 15) is 9.59 Å². The van der Waals surface area contributed by atoms with Gasteiger partial charge in [-0.15, -0.1) is 0 Å². The van der Waals surface area contributed by atoms with Crippen molar-refractivity contribution in [2.75, 3.05) is 32.8 Å². The first-order chi connectivity index (χ1) is 21.6. The SMILES string of the molecule is CCCCCCOC(=O)CCCCCCCN(CCC)CCCCCCCCCOC(=O)C(CCCCC)CCCCCC. The van der Waals surface area contributed by atoms with Crippen molar-refractivity contribution in [2.45, 2.75) is 201 Å². The molecule has 0 aromatic carbocycles. The van der Waals surface area contributed by atoms with Gasteiger partial charge in [0.1, 0.15) is 0 Å². The quantitative estimate of drug-likeness (QED) is 0.0519. The van der Waals surface area contributed by atoms with Gasteiger partial charge in [-0.3, -0.25) is 9.59 Å². The van der Waals surface area contributed by atoms with Crippen LogP contribution in [0.4, 0.5) is 0 Å². The van der Waals surface area contributed by atoms with Crippen molar-refractivity contribution >= 4 is 11.9 Å². The van der Waals surface area contributed by atoms with Gasteiger partial charge in [0.25, 0.3) is 0 Å². The molecule has 0 radical (unpaired) electrons. The van der Waals surface area contributed by atoms with Crippen LogP contribution in [-0.2, 0) is 19.1 Å². The predicted octanol–water partition coefficient (Wildman–Crippen LogP) is 11.6. The molecule has 5 nitrogen and oxygen atoms in total. The average Bonchev–Trinajstić information content (AvgIpc) is 3.02. The Bertz CT molecular complexity index is 611. The average molecular weight is 624 g/mol. The molecule has 0 aliphatic carbocycles. The Morgan fingerprint density at radius 3 is 1.45 bits per heavy atom. The molecule has 0 saturated carbocycles. The van der Waals surface area contributed by atoms with E-state index in [1.54, 1.807) is 0 Å². The van der Waals surface area contributed by atoms with Gasteiger partial charge in [-0.25, -0.2) is 0 Å². The molecule has 1 unspecified atom stereocenters. The van der Waals surface area contributed by atoms with Gasteiger partial charge in [0.2, 0.25) is 0 Å². The van der Waals surface area contributed by atoms with E-state index in [0.29, 0.717) is 19.6 Å². The molecule has 0 aromatic rings. The molecular formula is C39H77NO4. The van der Waals surface area contributed by atoms with Crippen LogP contribution in [0.3, 0.4) is 0 Å². The van der Waals surface area contributed by atoms with Crippen LogP contribution < -0.4 is 0 Å². The van der Waals surface area contributed by atoms with Gasteiger partial charge in [-0.2, -0.15) is 0 Å². The molecule has 262 valence electrons. The van der Waals surface area contributed by atoms with Crippen molar-refractivity contribution in [3.63, 3.8) is 0 Å². The van der Waals surface area contributed by atoms with E-state index in [1.807, 2.05) is 0 Å². The number of hydrogen-bond donors (Lipinski definition) is 0. The van der Waals surface area contributed by atoms with Gasteiger partial charge in [0, 0.05) is 6.42 Å². The summed E-state index contributed by atoms with van der Waals surface area (Å²) in [5.41, 5.74) is 0. The predicted molar refractivity (Wildman–Crippen MR) is 189 cm³/mol. The number of hydrogen-bond acceptors (Lipinski definition) is 5. The van der Waals surface area contributed by atoms with Gasteiger partial charge in [0.15, 0.2) is 0 Å². The molecule has 5 heteroatoms. The Morgan fingerprint density at radius 1 is 0.455 bits per heavy atom. The molecule has 0 aromatic heterocycles. The number of rotatable bonds is 35. The highest BCUT2D eigenvalue weighted by molar-refractivity contribution is 5.72. The summed E-state index contributed by atoms with van der Waals surface area (Å²) in [4.78, 5) is 27.1. The molecule has 0 aliphatic heterocycles. The standard InChI is InChI=1S/C39H77NO4/c1-5-9-12-23-30-37(29-22-11-7-3)39(42)44-36-28-21-16-14-15-19-25-33-40(32-8-4)34-26-20-17-18-24-31-38(41)43-35-27-13-10-6-2/h37H,5-36H2,1-4H3. The highest BCUT2D eigenvalue weighted by Crippen LogP contribution is 2.20.